The van der Waals surface area contributed by atoms with Crippen LogP contribution in [0.5, 0.6) is 0 Å². The van der Waals surface area contributed by atoms with Gasteiger partial charge in [-0.25, -0.2) is 9.69 Å². The van der Waals surface area contributed by atoms with Crippen molar-refractivity contribution < 1.29 is 19.3 Å². The van der Waals surface area contributed by atoms with Crippen molar-refractivity contribution in [2.45, 2.75) is 26.4 Å². The molecule has 2 rings (SSSR count). The van der Waals surface area contributed by atoms with Crippen molar-refractivity contribution in [3.8, 4) is 0 Å². The lowest BCUT2D eigenvalue weighted by Gasteiger charge is -2.21. The number of nitrogens with zero attached hydrogens (tertiary/aromatic N) is 2. The van der Waals surface area contributed by atoms with Crippen LogP contribution in [-0.2, 0) is 16.1 Å². The summed E-state index contributed by atoms with van der Waals surface area (Å²) in [6.45, 7) is 4.25. The summed E-state index contributed by atoms with van der Waals surface area (Å²) >= 11 is 3.38. The minimum Gasteiger partial charge on any atom is -0.316 e. The molecule has 1 aliphatic rings. The van der Waals surface area contributed by atoms with Crippen LogP contribution in [0, 0.1) is 0 Å². The lowest BCUT2D eigenvalue weighted by atomic mass is 10.2. The van der Waals surface area contributed by atoms with Crippen molar-refractivity contribution in [2.24, 2.45) is 0 Å². The molecule has 1 N–H and O–H groups in total. The molecular weight excluding hydrogens is 350 g/mol. The van der Waals surface area contributed by atoms with Crippen molar-refractivity contribution in [1.29, 1.82) is 0 Å². The van der Waals surface area contributed by atoms with Gasteiger partial charge in [-0.05, 0) is 26.0 Å². The van der Waals surface area contributed by atoms with Gasteiger partial charge in [0.2, 0.25) is 0 Å². The van der Waals surface area contributed by atoms with E-state index in [0.29, 0.717) is 6.54 Å². The van der Waals surface area contributed by atoms with Gasteiger partial charge in [-0.1, -0.05) is 28.1 Å². The molecular formula is C15H19BrN3O3+. The quantitative estimate of drug-likeness (QED) is 0.612. The molecule has 1 aliphatic heterocycles. The van der Waals surface area contributed by atoms with Crippen LogP contribution in [0.1, 0.15) is 19.4 Å². The number of hydrogen-bond acceptors (Lipinski definition) is 3. The molecule has 0 aliphatic carbocycles. The number of imide groups is 2. The highest BCUT2D eigenvalue weighted by atomic mass is 79.9. The molecule has 4 amide bonds. The van der Waals surface area contributed by atoms with Crippen LogP contribution in [-0.4, -0.2) is 47.4 Å². The van der Waals surface area contributed by atoms with Gasteiger partial charge < -0.3 is 4.90 Å². The van der Waals surface area contributed by atoms with Crippen LogP contribution < -0.4 is 4.90 Å². The van der Waals surface area contributed by atoms with Gasteiger partial charge in [-0.3, -0.25) is 14.5 Å². The van der Waals surface area contributed by atoms with Crippen LogP contribution in [0.15, 0.2) is 28.7 Å². The minimum absolute atomic E-state index is 0.169. The normalized spacial score (nSPS) is 16.9. The van der Waals surface area contributed by atoms with E-state index in [0.717, 1.165) is 24.7 Å². The van der Waals surface area contributed by atoms with E-state index in [9.17, 15) is 14.4 Å². The van der Waals surface area contributed by atoms with Gasteiger partial charge >= 0.3 is 17.8 Å². The first-order chi connectivity index (χ1) is 10.3. The lowest BCUT2D eigenvalue weighted by Crippen LogP contribution is -3.09. The van der Waals surface area contributed by atoms with Gasteiger partial charge in [0.05, 0.1) is 7.05 Å². The Bertz CT molecular complexity index is 601. The predicted octanol–water partition coefficient (Wildman–Crippen LogP) is 0.621. The number of benzene rings is 1. The summed E-state index contributed by atoms with van der Waals surface area (Å²) in [7, 11) is 1.88. The van der Waals surface area contributed by atoms with Gasteiger partial charge in [-0.2, -0.15) is 0 Å². The van der Waals surface area contributed by atoms with E-state index in [-0.39, 0.29) is 12.7 Å². The molecule has 0 saturated carbocycles. The maximum Gasteiger partial charge on any atom is 0.338 e. The Morgan fingerprint density at radius 1 is 1.09 bits per heavy atom. The molecule has 7 heteroatoms. The highest BCUT2D eigenvalue weighted by molar-refractivity contribution is 9.10. The Morgan fingerprint density at radius 2 is 1.68 bits per heavy atom. The number of urea groups is 1. The second-order valence-electron chi connectivity index (χ2n) is 5.70. The number of halogens is 1. The monoisotopic (exact) mass is 368 g/mol. The van der Waals surface area contributed by atoms with Crippen molar-refractivity contribution in [1.82, 2.24) is 9.80 Å². The first-order valence-electron chi connectivity index (χ1n) is 7.06. The number of amides is 4. The Labute approximate surface area is 137 Å². The fourth-order valence-electron chi connectivity index (χ4n) is 2.39. The van der Waals surface area contributed by atoms with E-state index in [1.165, 1.54) is 0 Å². The van der Waals surface area contributed by atoms with Crippen LogP contribution in [0.2, 0.25) is 0 Å². The van der Waals surface area contributed by atoms with Gasteiger partial charge in [0, 0.05) is 16.1 Å². The molecule has 1 aromatic rings. The topological polar surface area (TPSA) is 62.1 Å². The van der Waals surface area contributed by atoms with Gasteiger partial charge in [-0.15, -0.1) is 0 Å². The van der Waals surface area contributed by atoms with Crippen molar-refractivity contribution in [2.75, 3.05) is 13.7 Å². The first kappa shape index (κ1) is 16.6. The highest BCUT2D eigenvalue weighted by Crippen LogP contribution is 2.14. The molecule has 1 heterocycles. The summed E-state index contributed by atoms with van der Waals surface area (Å²) in [6, 6.07) is 7.00. The average molecular weight is 369 g/mol. The third kappa shape index (κ3) is 3.36. The third-order valence-corrected chi connectivity index (χ3v) is 3.98. The lowest BCUT2D eigenvalue weighted by molar-refractivity contribution is -0.901. The van der Waals surface area contributed by atoms with E-state index in [4.69, 9.17) is 0 Å². The summed E-state index contributed by atoms with van der Waals surface area (Å²) in [6.07, 6.45) is 0. The summed E-state index contributed by atoms with van der Waals surface area (Å²) in [5.41, 5.74) is 1.09. The molecule has 1 saturated heterocycles. The smallest absolute Gasteiger partial charge is 0.316 e. The predicted molar refractivity (Wildman–Crippen MR) is 83.8 cm³/mol. The number of carbonyl (C=O) groups is 3. The molecule has 1 atom stereocenters. The Hall–Kier alpha value is -1.73. The van der Waals surface area contributed by atoms with E-state index in [1.807, 2.05) is 31.3 Å². The summed E-state index contributed by atoms with van der Waals surface area (Å²) in [5.74, 6) is -1.48. The molecule has 1 unspecified atom stereocenters. The molecule has 0 bridgehead atoms. The maximum atomic E-state index is 12.2. The minimum atomic E-state index is -0.742. The molecule has 118 valence electrons. The van der Waals surface area contributed by atoms with Gasteiger partial charge in [0.1, 0.15) is 6.54 Å². The average Bonchev–Trinajstić information content (AvgIpc) is 2.65. The fourth-order valence-corrected chi connectivity index (χ4v) is 2.66. The summed E-state index contributed by atoms with van der Waals surface area (Å²) in [4.78, 5) is 39.0. The van der Waals surface area contributed by atoms with E-state index >= 15 is 0 Å². The molecule has 1 fully saturated rings. The molecule has 1 aromatic carbocycles. The maximum absolute atomic E-state index is 12.2. The number of nitrogens with one attached hydrogen (secondary N) is 1. The summed E-state index contributed by atoms with van der Waals surface area (Å²) < 4.78 is 0.997. The van der Waals surface area contributed by atoms with E-state index in [2.05, 4.69) is 15.9 Å². The van der Waals surface area contributed by atoms with Crippen LogP contribution in [0.3, 0.4) is 0 Å². The standard InChI is InChI=1S/C15H18BrN3O3/c1-10(2)19-14(21)13(20)18(15(19)22)9-17(3)8-11-4-6-12(16)7-5-11/h4-7,10H,8-9H2,1-3H3/p+1. The van der Waals surface area contributed by atoms with Crippen molar-refractivity contribution in [3.05, 3.63) is 34.3 Å². The van der Waals surface area contributed by atoms with E-state index in [1.54, 1.807) is 13.8 Å². The van der Waals surface area contributed by atoms with Gasteiger partial charge in [0.15, 0.2) is 6.67 Å². The number of quaternary nitrogens is 1. The Balaban J connectivity index is 2.03. The largest absolute Gasteiger partial charge is 0.338 e. The van der Waals surface area contributed by atoms with Crippen molar-refractivity contribution in [3.63, 3.8) is 0 Å². The van der Waals surface area contributed by atoms with Crippen LogP contribution in [0.4, 0.5) is 4.79 Å². The molecule has 0 aromatic heterocycles. The van der Waals surface area contributed by atoms with Crippen LogP contribution in [0.25, 0.3) is 0 Å². The van der Waals surface area contributed by atoms with Crippen LogP contribution >= 0.6 is 15.9 Å². The Morgan fingerprint density at radius 3 is 2.18 bits per heavy atom. The zero-order valence-electron chi connectivity index (χ0n) is 12.8. The molecule has 0 spiro atoms. The first-order valence-corrected chi connectivity index (χ1v) is 7.85. The number of carbonyl (C=O) groups excluding carboxylic acids is 3. The second-order valence-corrected chi connectivity index (χ2v) is 6.62. The number of hydrogen-bond donors (Lipinski definition) is 1. The second kappa shape index (κ2) is 6.58. The highest BCUT2D eigenvalue weighted by Gasteiger charge is 2.46. The molecule has 0 radical (unpaired) electrons. The van der Waals surface area contributed by atoms with Crippen molar-refractivity contribution >= 4 is 33.8 Å². The summed E-state index contributed by atoms with van der Waals surface area (Å²) in [5, 5.41) is 0. The SMILES string of the molecule is CC(C)N1C(=O)C(=O)N(C[NH+](C)Cc2ccc(Br)cc2)C1=O. The molecule has 6 nitrogen and oxygen atoms in total. The zero-order valence-corrected chi connectivity index (χ0v) is 14.4. The van der Waals surface area contributed by atoms with E-state index < -0.39 is 17.8 Å². The Kier molecular flexibility index (Phi) is 4.97. The zero-order chi connectivity index (χ0) is 16.4. The third-order valence-electron chi connectivity index (χ3n) is 3.45. The molecule has 22 heavy (non-hydrogen) atoms. The van der Waals surface area contributed by atoms with Gasteiger partial charge in [0.25, 0.3) is 0 Å². The fraction of sp³-hybridized carbons (Fsp3) is 0.400. The number of rotatable bonds is 5.